The van der Waals surface area contributed by atoms with Crippen LogP contribution < -0.4 is 4.74 Å². The third kappa shape index (κ3) is 4.71. The summed E-state index contributed by atoms with van der Waals surface area (Å²) in [6.07, 6.45) is 2.37. The first-order chi connectivity index (χ1) is 10.9. The minimum atomic E-state index is -1.26. The summed E-state index contributed by atoms with van der Waals surface area (Å²) >= 11 is 5.90. The Hall–Kier alpha value is -1.55. The van der Waals surface area contributed by atoms with E-state index >= 15 is 0 Å². The van der Waals surface area contributed by atoms with E-state index in [0.29, 0.717) is 30.2 Å². The Labute approximate surface area is 143 Å². The zero-order chi connectivity index (χ0) is 17.5. The summed E-state index contributed by atoms with van der Waals surface area (Å²) in [6, 6.07) is 4.99. The molecule has 1 aromatic carbocycles. The molecule has 0 N–H and O–H groups in total. The molecule has 0 saturated carbocycles. The molecule has 0 bridgehead atoms. The van der Waals surface area contributed by atoms with Crippen LogP contribution in [-0.4, -0.2) is 18.5 Å². The van der Waals surface area contributed by atoms with E-state index in [0.717, 1.165) is 18.4 Å². The second-order valence-corrected chi connectivity index (χ2v) is 6.01. The van der Waals surface area contributed by atoms with Gasteiger partial charge < -0.3 is 9.47 Å². The fourth-order valence-corrected chi connectivity index (χ4v) is 2.51. The van der Waals surface area contributed by atoms with E-state index in [2.05, 4.69) is 0 Å². The van der Waals surface area contributed by atoms with Gasteiger partial charge in [-0.2, -0.15) is 0 Å². The number of halogens is 1. The SMILES string of the molecule is CCCCOC(=O)C(CC)(CC)C(=O)Oc1ccc(Cl)cc1C. The average molecular weight is 341 g/mol. The van der Waals surface area contributed by atoms with Gasteiger partial charge in [-0.25, -0.2) is 0 Å². The number of hydrogen-bond donors (Lipinski definition) is 0. The van der Waals surface area contributed by atoms with Crippen molar-refractivity contribution in [3.63, 3.8) is 0 Å². The van der Waals surface area contributed by atoms with Crippen LogP contribution in [0.1, 0.15) is 52.0 Å². The highest BCUT2D eigenvalue weighted by Gasteiger charge is 2.46. The van der Waals surface area contributed by atoms with Gasteiger partial charge in [0.15, 0.2) is 5.41 Å². The van der Waals surface area contributed by atoms with E-state index in [1.165, 1.54) is 0 Å². The molecule has 0 saturated heterocycles. The maximum Gasteiger partial charge on any atom is 0.328 e. The van der Waals surface area contributed by atoms with Gasteiger partial charge in [0.1, 0.15) is 5.75 Å². The Kier molecular flexibility index (Phi) is 7.56. The van der Waals surface area contributed by atoms with Crippen molar-refractivity contribution in [3.8, 4) is 5.75 Å². The number of esters is 2. The van der Waals surface area contributed by atoms with Crippen molar-refractivity contribution in [2.45, 2.75) is 53.4 Å². The fourth-order valence-electron chi connectivity index (χ4n) is 2.28. The Morgan fingerprint density at radius 3 is 2.30 bits per heavy atom. The molecule has 0 spiro atoms. The predicted molar refractivity (Wildman–Crippen MR) is 90.7 cm³/mol. The zero-order valence-electron chi connectivity index (χ0n) is 14.3. The van der Waals surface area contributed by atoms with Crippen molar-refractivity contribution >= 4 is 23.5 Å². The van der Waals surface area contributed by atoms with Gasteiger partial charge >= 0.3 is 11.9 Å². The van der Waals surface area contributed by atoms with E-state index in [9.17, 15) is 9.59 Å². The van der Waals surface area contributed by atoms with Gasteiger partial charge in [-0.3, -0.25) is 9.59 Å². The molecule has 5 heteroatoms. The van der Waals surface area contributed by atoms with Gasteiger partial charge in [-0.05, 0) is 49.9 Å². The fraction of sp³-hybridized carbons (Fsp3) is 0.556. The Bertz CT molecular complexity index is 550. The lowest BCUT2D eigenvalue weighted by Crippen LogP contribution is -2.42. The van der Waals surface area contributed by atoms with E-state index < -0.39 is 17.4 Å². The molecule has 4 nitrogen and oxygen atoms in total. The highest BCUT2D eigenvalue weighted by atomic mass is 35.5. The van der Waals surface area contributed by atoms with Gasteiger partial charge in [0.2, 0.25) is 0 Å². The first-order valence-electron chi connectivity index (χ1n) is 8.06. The molecular weight excluding hydrogens is 316 g/mol. The minimum Gasteiger partial charge on any atom is -0.465 e. The highest BCUT2D eigenvalue weighted by Crippen LogP contribution is 2.32. The zero-order valence-corrected chi connectivity index (χ0v) is 15.0. The van der Waals surface area contributed by atoms with E-state index in [1.54, 1.807) is 39.0 Å². The van der Waals surface area contributed by atoms with Crippen LogP contribution in [0, 0.1) is 12.3 Å². The Balaban J connectivity index is 2.94. The monoisotopic (exact) mass is 340 g/mol. The Morgan fingerprint density at radius 1 is 1.13 bits per heavy atom. The van der Waals surface area contributed by atoms with Crippen molar-refractivity contribution in [1.82, 2.24) is 0 Å². The molecule has 128 valence electrons. The molecule has 0 fully saturated rings. The number of rotatable bonds is 8. The molecule has 0 unspecified atom stereocenters. The standard InChI is InChI=1S/C18H25ClO4/c1-5-8-11-22-16(20)18(6-2,7-3)17(21)23-15-10-9-14(19)12-13(15)4/h9-10,12H,5-8,11H2,1-4H3. The lowest BCUT2D eigenvalue weighted by molar-refractivity contribution is -0.168. The van der Waals surface area contributed by atoms with Crippen LogP contribution in [0.2, 0.25) is 5.02 Å². The molecule has 1 aromatic rings. The molecule has 0 aliphatic carbocycles. The van der Waals surface area contributed by atoms with Crippen LogP contribution in [0.4, 0.5) is 0 Å². The smallest absolute Gasteiger partial charge is 0.328 e. The largest absolute Gasteiger partial charge is 0.465 e. The molecule has 0 atom stereocenters. The number of benzene rings is 1. The summed E-state index contributed by atoms with van der Waals surface area (Å²) in [4.78, 5) is 25.1. The number of carbonyl (C=O) groups excluding carboxylic acids is 2. The summed E-state index contributed by atoms with van der Waals surface area (Å²) in [6.45, 7) is 7.72. The van der Waals surface area contributed by atoms with Crippen molar-refractivity contribution < 1.29 is 19.1 Å². The minimum absolute atomic E-state index is 0.324. The quantitative estimate of drug-likeness (QED) is 0.298. The summed E-state index contributed by atoms with van der Waals surface area (Å²) in [5, 5.41) is 0.568. The molecule has 0 radical (unpaired) electrons. The lowest BCUT2D eigenvalue weighted by atomic mass is 9.82. The van der Waals surface area contributed by atoms with Gasteiger partial charge in [0.05, 0.1) is 6.61 Å². The van der Waals surface area contributed by atoms with Crippen LogP contribution >= 0.6 is 11.6 Å². The summed E-state index contributed by atoms with van der Waals surface area (Å²) in [5.41, 5.74) is -0.522. The van der Waals surface area contributed by atoms with Gasteiger partial charge in [-0.1, -0.05) is 38.8 Å². The van der Waals surface area contributed by atoms with Crippen molar-refractivity contribution in [3.05, 3.63) is 28.8 Å². The second-order valence-electron chi connectivity index (χ2n) is 5.58. The molecule has 0 aliphatic rings. The molecule has 23 heavy (non-hydrogen) atoms. The first kappa shape index (κ1) is 19.5. The van der Waals surface area contributed by atoms with Crippen molar-refractivity contribution in [2.75, 3.05) is 6.61 Å². The third-order valence-electron chi connectivity index (χ3n) is 4.06. The maximum atomic E-state index is 12.7. The molecule has 0 aromatic heterocycles. The molecule has 0 heterocycles. The summed E-state index contributed by atoms with van der Waals surface area (Å²) in [7, 11) is 0. The van der Waals surface area contributed by atoms with Crippen molar-refractivity contribution in [2.24, 2.45) is 5.41 Å². The normalized spacial score (nSPS) is 11.2. The molecule has 0 aliphatic heterocycles. The van der Waals surface area contributed by atoms with Crippen molar-refractivity contribution in [1.29, 1.82) is 0 Å². The first-order valence-corrected chi connectivity index (χ1v) is 8.44. The van der Waals surface area contributed by atoms with Crippen LogP contribution in [0.25, 0.3) is 0 Å². The average Bonchev–Trinajstić information content (AvgIpc) is 2.52. The van der Waals surface area contributed by atoms with Gasteiger partial charge in [0, 0.05) is 5.02 Å². The lowest BCUT2D eigenvalue weighted by Gasteiger charge is -2.27. The van der Waals surface area contributed by atoms with E-state index in [4.69, 9.17) is 21.1 Å². The van der Waals surface area contributed by atoms with Crippen LogP contribution in [0.5, 0.6) is 5.75 Å². The number of aryl methyl sites for hydroxylation is 1. The predicted octanol–water partition coefficient (Wildman–Crippen LogP) is 4.70. The van der Waals surface area contributed by atoms with Crippen LogP contribution in [-0.2, 0) is 14.3 Å². The Morgan fingerprint density at radius 2 is 1.78 bits per heavy atom. The molecule has 0 amide bonds. The van der Waals surface area contributed by atoms with Gasteiger partial charge in [0.25, 0.3) is 0 Å². The van der Waals surface area contributed by atoms with Crippen LogP contribution in [0.15, 0.2) is 18.2 Å². The second kappa shape index (κ2) is 8.92. The molecular formula is C18H25ClO4. The maximum absolute atomic E-state index is 12.7. The third-order valence-corrected chi connectivity index (χ3v) is 4.29. The van der Waals surface area contributed by atoms with Gasteiger partial charge in [-0.15, -0.1) is 0 Å². The van der Waals surface area contributed by atoms with E-state index in [-0.39, 0.29) is 0 Å². The topological polar surface area (TPSA) is 52.6 Å². The molecule has 1 rings (SSSR count). The number of carbonyl (C=O) groups is 2. The van der Waals surface area contributed by atoms with Crippen LogP contribution in [0.3, 0.4) is 0 Å². The van der Waals surface area contributed by atoms with E-state index in [1.807, 2.05) is 6.92 Å². The highest BCUT2D eigenvalue weighted by molar-refractivity contribution is 6.30. The number of hydrogen-bond acceptors (Lipinski definition) is 4. The number of ether oxygens (including phenoxy) is 2. The summed E-state index contributed by atoms with van der Waals surface area (Å²) < 4.78 is 10.8. The number of unbranched alkanes of at least 4 members (excludes halogenated alkanes) is 1. The summed E-state index contributed by atoms with van der Waals surface area (Å²) in [5.74, 6) is -0.672.